The Morgan fingerprint density at radius 3 is 2.28 bits per heavy atom. The summed E-state index contributed by atoms with van der Waals surface area (Å²) in [6.45, 7) is 6.40. The number of amides is 1. The molecule has 2 rings (SSSR count). The number of benzene rings is 2. The molecule has 3 nitrogen and oxygen atoms in total. The van der Waals surface area contributed by atoms with Crippen LogP contribution in [0.3, 0.4) is 0 Å². The summed E-state index contributed by atoms with van der Waals surface area (Å²) in [6, 6.07) is 16.2. The molecule has 0 radical (unpaired) electrons. The van der Waals surface area contributed by atoms with Crippen molar-refractivity contribution in [3.63, 3.8) is 0 Å². The van der Waals surface area contributed by atoms with Crippen LogP contribution in [0.4, 0.5) is 0 Å². The topological polar surface area (TPSA) is 38.3 Å². The molecular formula is C21H27NO2S. The largest absolute Gasteiger partial charge is 0.497 e. The van der Waals surface area contributed by atoms with Crippen molar-refractivity contribution in [3.05, 3.63) is 59.7 Å². The van der Waals surface area contributed by atoms with Gasteiger partial charge in [0.1, 0.15) is 5.75 Å². The number of methoxy groups -OCH3 is 1. The minimum Gasteiger partial charge on any atom is -0.497 e. The summed E-state index contributed by atoms with van der Waals surface area (Å²) < 4.78 is 5.22. The number of carbonyl (C=O) groups excluding carboxylic acids is 1. The maximum Gasteiger partial charge on any atom is 0.230 e. The van der Waals surface area contributed by atoms with E-state index >= 15 is 0 Å². The second-order valence-corrected chi connectivity index (χ2v) is 7.67. The first-order valence-corrected chi connectivity index (χ1v) is 9.59. The van der Waals surface area contributed by atoms with E-state index in [1.165, 1.54) is 5.56 Å². The molecule has 0 saturated carbocycles. The predicted octanol–water partition coefficient (Wildman–Crippen LogP) is 5.00. The molecule has 25 heavy (non-hydrogen) atoms. The zero-order valence-corrected chi connectivity index (χ0v) is 16.2. The number of ether oxygens (including phenoxy) is 1. The smallest absolute Gasteiger partial charge is 0.230 e. The highest BCUT2D eigenvalue weighted by molar-refractivity contribution is 8.00. The van der Waals surface area contributed by atoms with Crippen LogP contribution in [0.15, 0.2) is 53.4 Å². The summed E-state index contributed by atoms with van der Waals surface area (Å²) >= 11 is 1.57. The molecule has 0 fully saturated rings. The van der Waals surface area contributed by atoms with Gasteiger partial charge in [0.05, 0.1) is 18.9 Å². The van der Waals surface area contributed by atoms with Crippen LogP contribution in [0.2, 0.25) is 0 Å². The van der Waals surface area contributed by atoms with Crippen LogP contribution >= 0.6 is 11.8 Å². The first-order valence-electron chi connectivity index (χ1n) is 8.60. The number of hydrogen-bond donors (Lipinski definition) is 1. The van der Waals surface area contributed by atoms with Gasteiger partial charge in [-0.15, -0.1) is 11.8 Å². The average Bonchev–Trinajstić information content (AvgIpc) is 2.60. The third-order valence-corrected chi connectivity index (χ3v) is 4.96. The van der Waals surface area contributed by atoms with Gasteiger partial charge in [0.15, 0.2) is 0 Å². The summed E-state index contributed by atoms with van der Waals surface area (Å²) in [7, 11) is 1.66. The van der Waals surface area contributed by atoms with Crippen molar-refractivity contribution < 1.29 is 9.53 Å². The Bertz CT molecular complexity index is 665. The summed E-state index contributed by atoms with van der Waals surface area (Å²) in [5.74, 6) is 1.81. The molecule has 0 saturated heterocycles. The molecule has 0 aliphatic heterocycles. The number of hydrogen-bond acceptors (Lipinski definition) is 3. The van der Waals surface area contributed by atoms with Crippen molar-refractivity contribution in [1.82, 2.24) is 5.32 Å². The highest BCUT2D eigenvalue weighted by Crippen LogP contribution is 2.24. The van der Waals surface area contributed by atoms with Crippen LogP contribution in [-0.4, -0.2) is 18.8 Å². The lowest BCUT2D eigenvalue weighted by Gasteiger charge is -2.21. The normalized spacial score (nSPS) is 12.0. The van der Waals surface area contributed by atoms with E-state index in [-0.39, 0.29) is 11.9 Å². The number of aryl methyl sites for hydroxylation is 1. The molecule has 2 aromatic rings. The Labute approximate surface area is 155 Å². The lowest BCUT2D eigenvalue weighted by molar-refractivity contribution is -0.119. The van der Waals surface area contributed by atoms with Crippen molar-refractivity contribution in [2.24, 2.45) is 5.92 Å². The van der Waals surface area contributed by atoms with Gasteiger partial charge in [0, 0.05) is 4.90 Å². The van der Waals surface area contributed by atoms with Gasteiger partial charge in [-0.25, -0.2) is 0 Å². The van der Waals surface area contributed by atoms with Gasteiger partial charge in [-0.1, -0.05) is 43.7 Å². The lowest BCUT2D eigenvalue weighted by Crippen LogP contribution is -2.30. The van der Waals surface area contributed by atoms with Crippen molar-refractivity contribution in [3.8, 4) is 5.75 Å². The summed E-state index contributed by atoms with van der Waals surface area (Å²) in [6.07, 6.45) is 0.910. The third kappa shape index (κ3) is 6.46. The molecule has 0 aromatic heterocycles. The Morgan fingerprint density at radius 1 is 1.08 bits per heavy atom. The first-order chi connectivity index (χ1) is 12.0. The van der Waals surface area contributed by atoms with Gasteiger partial charge in [-0.05, 0) is 49.1 Å². The summed E-state index contributed by atoms with van der Waals surface area (Å²) in [5, 5.41) is 3.18. The quantitative estimate of drug-likeness (QED) is 0.676. The van der Waals surface area contributed by atoms with Gasteiger partial charge < -0.3 is 10.1 Å². The van der Waals surface area contributed by atoms with E-state index in [4.69, 9.17) is 4.74 Å². The van der Waals surface area contributed by atoms with Gasteiger partial charge >= 0.3 is 0 Å². The highest BCUT2D eigenvalue weighted by atomic mass is 32.2. The fourth-order valence-electron chi connectivity index (χ4n) is 2.61. The van der Waals surface area contributed by atoms with Crippen molar-refractivity contribution >= 4 is 17.7 Å². The van der Waals surface area contributed by atoms with Crippen LogP contribution in [0.5, 0.6) is 5.75 Å². The Morgan fingerprint density at radius 2 is 1.72 bits per heavy atom. The molecule has 0 aliphatic carbocycles. The number of thioether (sulfide) groups is 1. The number of carbonyl (C=O) groups is 1. The van der Waals surface area contributed by atoms with Crippen molar-refractivity contribution in [2.75, 3.05) is 12.9 Å². The minimum absolute atomic E-state index is 0.0250. The van der Waals surface area contributed by atoms with Gasteiger partial charge in [-0.3, -0.25) is 4.79 Å². The average molecular weight is 358 g/mol. The lowest BCUT2D eigenvalue weighted by atomic mass is 9.97. The maximum absolute atomic E-state index is 12.4. The predicted molar refractivity (Wildman–Crippen MR) is 105 cm³/mol. The highest BCUT2D eigenvalue weighted by Gasteiger charge is 2.16. The van der Waals surface area contributed by atoms with E-state index in [1.807, 2.05) is 24.3 Å². The first kappa shape index (κ1) is 19.4. The molecular weight excluding hydrogens is 330 g/mol. The van der Waals surface area contributed by atoms with E-state index in [9.17, 15) is 4.79 Å². The molecule has 4 heteroatoms. The number of rotatable bonds is 8. The third-order valence-electron chi connectivity index (χ3n) is 3.95. The SMILES string of the molecule is COc1ccc(C(CC(C)C)NC(=O)CSc2ccc(C)cc2)cc1. The van der Waals surface area contributed by atoms with Crippen LogP contribution in [0.25, 0.3) is 0 Å². The molecule has 0 heterocycles. The summed E-state index contributed by atoms with van der Waals surface area (Å²) in [5.41, 5.74) is 2.34. The molecule has 1 amide bonds. The molecule has 1 atom stereocenters. The molecule has 134 valence electrons. The van der Waals surface area contributed by atoms with Crippen LogP contribution < -0.4 is 10.1 Å². The minimum atomic E-state index is 0.0250. The van der Waals surface area contributed by atoms with Crippen LogP contribution in [0.1, 0.15) is 37.4 Å². The maximum atomic E-state index is 12.4. The summed E-state index contributed by atoms with van der Waals surface area (Å²) in [4.78, 5) is 13.5. The van der Waals surface area contributed by atoms with E-state index < -0.39 is 0 Å². The van der Waals surface area contributed by atoms with Crippen LogP contribution in [-0.2, 0) is 4.79 Å². The Balaban J connectivity index is 1.97. The fourth-order valence-corrected chi connectivity index (χ4v) is 3.31. The molecule has 0 spiro atoms. The fraction of sp³-hybridized carbons (Fsp3) is 0.381. The molecule has 0 bridgehead atoms. The molecule has 1 N–H and O–H groups in total. The van der Waals surface area contributed by atoms with E-state index in [0.717, 1.165) is 22.6 Å². The molecule has 0 aliphatic rings. The second kappa shape index (κ2) is 9.52. The Kier molecular flexibility index (Phi) is 7.38. The zero-order valence-electron chi connectivity index (χ0n) is 15.4. The van der Waals surface area contributed by atoms with E-state index in [2.05, 4.69) is 50.4 Å². The van der Waals surface area contributed by atoms with Gasteiger partial charge in [0.2, 0.25) is 5.91 Å². The standard InChI is InChI=1S/C21H27NO2S/c1-15(2)13-20(17-7-9-18(24-4)10-8-17)22-21(23)14-25-19-11-5-16(3)6-12-19/h5-12,15,20H,13-14H2,1-4H3,(H,22,23). The zero-order chi connectivity index (χ0) is 18.2. The molecule has 2 aromatic carbocycles. The van der Waals surface area contributed by atoms with E-state index in [0.29, 0.717) is 11.7 Å². The Hall–Kier alpha value is -1.94. The van der Waals surface area contributed by atoms with Crippen LogP contribution in [0, 0.1) is 12.8 Å². The van der Waals surface area contributed by atoms with Crippen molar-refractivity contribution in [1.29, 1.82) is 0 Å². The second-order valence-electron chi connectivity index (χ2n) is 6.62. The van der Waals surface area contributed by atoms with Gasteiger partial charge in [-0.2, -0.15) is 0 Å². The van der Waals surface area contributed by atoms with Gasteiger partial charge in [0.25, 0.3) is 0 Å². The number of nitrogens with one attached hydrogen (secondary N) is 1. The monoisotopic (exact) mass is 357 g/mol. The molecule has 1 unspecified atom stereocenters. The van der Waals surface area contributed by atoms with E-state index in [1.54, 1.807) is 18.9 Å². The van der Waals surface area contributed by atoms with Crippen molar-refractivity contribution in [2.45, 2.75) is 38.1 Å².